The predicted molar refractivity (Wildman–Crippen MR) is 113 cm³/mol. The molecule has 1 aliphatic heterocycles. The molecule has 0 radical (unpaired) electrons. The Hall–Kier alpha value is -3.00. The monoisotopic (exact) mass is 432 g/mol. The van der Waals surface area contributed by atoms with Crippen LogP contribution >= 0.6 is 12.2 Å². The van der Waals surface area contributed by atoms with Crippen LogP contribution in [0.3, 0.4) is 0 Å². The van der Waals surface area contributed by atoms with Gasteiger partial charge < -0.3 is 19.7 Å². The lowest BCUT2D eigenvalue weighted by molar-refractivity contribution is -0.139. The molecule has 1 atom stereocenters. The highest BCUT2D eigenvalue weighted by atomic mass is 32.1. The Labute approximate surface area is 179 Å². The Balaban J connectivity index is 1.96. The highest BCUT2D eigenvalue weighted by Crippen LogP contribution is 2.33. The Morgan fingerprint density at radius 3 is 2.43 bits per heavy atom. The summed E-state index contributed by atoms with van der Waals surface area (Å²) in [5.41, 5.74) is 2.82. The van der Waals surface area contributed by atoms with Gasteiger partial charge in [0.05, 0.1) is 18.2 Å². The minimum absolute atomic E-state index is 0.0382. The molecule has 30 heavy (non-hydrogen) atoms. The van der Waals surface area contributed by atoms with E-state index in [9.17, 15) is 13.6 Å². The van der Waals surface area contributed by atoms with E-state index < -0.39 is 18.6 Å². The van der Waals surface area contributed by atoms with Gasteiger partial charge in [-0.25, -0.2) is 4.79 Å². The zero-order valence-corrected chi connectivity index (χ0v) is 17.4. The number of rotatable bonds is 7. The van der Waals surface area contributed by atoms with Crippen LogP contribution in [0.25, 0.3) is 0 Å². The summed E-state index contributed by atoms with van der Waals surface area (Å²) in [5, 5.41) is 3.65. The van der Waals surface area contributed by atoms with Gasteiger partial charge in [0.15, 0.2) is 5.11 Å². The summed E-state index contributed by atoms with van der Waals surface area (Å²) in [5.74, 6) is -0.419. The number of nitrogens with zero attached hydrogens (tertiary/aromatic N) is 1. The molecule has 5 nitrogen and oxygen atoms in total. The van der Waals surface area contributed by atoms with Crippen LogP contribution in [0.1, 0.15) is 31.0 Å². The van der Waals surface area contributed by atoms with Gasteiger partial charge in [0, 0.05) is 12.2 Å². The molecule has 0 aliphatic carbocycles. The van der Waals surface area contributed by atoms with E-state index in [1.807, 2.05) is 42.2 Å². The lowest BCUT2D eigenvalue weighted by Gasteiger charge is -2.37. The number of halogens is 2. The van der Waals surface area contributed by atoms with Gasteiger partial charge in [-0.2, -0.15) is 8.78 Å². The van der Waals surface area contributed by atoms with Gasteiger partial charge in [-0.15, -0.1) is 0 Å². The number of ether oxygens (including phenoxy) is 2. The summed E-state index contributed by atoms with van der Waals surface area (Å²) in [6.07, 6.45) is 0. The summed E-state index contributed by atoms with van der Waals surface area (Å²) in [7, 11) is 0. The third kappa shape index (κ3) is 4.94. The first-order valence-electron chi connectivity index (χ1n) is 9.45. The third-order valence-corrected chi connectivity index (χ3v) is 5.05. The van der Waals surface area contributed by atoms with Crippen LogP contribution in [-0.4, -0.2) is 29.2 Å². The van der Waals surface area contributed by atoms with Crippen molar-refractivity contribution in [1.29, 1.82) is 0 Å². The minimum Gasteiger partial charge on any atom is -0.463 e. The molecule has 1 unspecified atom stereocenters. The van der Waals surface area contributed by atoms with Crippen LogP contribution in [0.15, 0.2) is 65.9 Å². The largest absolute Gasteiger partial charge is 0.463 e. The van der Waals surface area contributed by atoms with Crippen molar-refractivity contribution in [3.05, 3.63) is 77.0 Å². The van der Waals surface area contributed by atoms with E-state index in [4.69, 9.17) is 17.0 Å². The molecule has 3 rings (SSSR count). The van der Waals surface area contributed by atoms with Crippen LogP contribution in [0, 0.1) is 0 Å². The van der Waals surface area contributed by atoms with E-state index in [0.29, 0.717) is 28.5 Å². The minimum atomic E-state index is -2.90. The van der Waals surface area contributed by atoms with E-state index in [-0.39, 0.29) is 12.4 Å². The van der Waals surface area contributed by atoms with E-state index in [2.05, 4.69) is 10.1 Å². The summed E-state index contributed by atoms with van der Waals surface area (Å²) >= 11 is 5.57. The molecule has 2 aromatic rings. The topological polar surface area (TPSA) is 50.8 Å². The quantitative estimate of drug-likeness (QED) is 0.512. The molecule has 1 N–H and O–H groups in total. The van der Waals surface area contributed by atoms with Gasteiger partial charge in [-0.1, -0.05) is 42.5 Å². The van der Waals surface area contributed by atoms with Gasteiger partial charge >= 0.3 is 12.6 Å². The van der Waals surface area contributed by atoms with Crippen molar-refractivity contribution in [1.82, 2.24) is 10.2 Å². The molecule has 0 fully saturated rings. The SMILES string of the molecule is CCOC(=O)C1=C(C)N(Cc2ccccc2)C(=S)NC1c1ccc(OC(F)F)cc1. The Bertz CT molecular complexity index is 933. The van der Waals surface area contributed by atoms with Crippen molar-refractivity contribution < 1.29 is 23.0 Å². The first-order chi connectivity index (χ1) is 14.4. The van der Waals surface area contributed by atoms with E-state index >= 15 is 0 Å². The Kier molecular flexibility index (Phi) is 6.99. The van der Waals surface area contributed by atoms with Gasteiger partial charge in [-0.3, -0.25) is 0 Å². The summed E-state index contributed by atoms with van der Waals surface area (Å²) < 4.78 is 34.5. The van der Waals surface area contributed by atoms with Gasteiger partial charge in [0.1, 0.15) is 5.75 Å². The van der Waals surface area contributed by atoms with Gasteiger partial charge in [0.2, 0.25) is 0 Å². The second-order valence-electron chi connectivity index (χ2n) is 6.62. The van der Waals surface area contributed by atoms with Crippen molar-refractivity contribution in [2.45, 2.75) is 33.0 Å². The fraction of sp³-hybridized carbons (Fsp3) is 0.273. The molecule has 0 saturated heterocycles. The number of hydrogen-bond donors (Lipinski definition) is 1. The van der Waals surface area contributed by atoms with Gasteiger partial charge in [0.25, 0.3) is 0 Å². The number of allylic oxidation sites excluding steroid dienone is 1. The van der Waals surface area contributed by atoms with E-state index in [1.165, 1.54) is 12.1 Å². The highest BCUT2D eigenvalue weighted by molar-refractivity contribution is 7.80. The first-order valence-corrected chi connectivity index (χ1v) is 9.86. The molecule has 0 amide bonds. The number of carbonyl (C=O) groups is 1. The summed E-state index contributed by atoms with van der Waals surface area (Å²) in [6, 6.07) is 15.3. The predicted octanol–water partition coefficient (Wildman–Crippen LogP) is 4.56. The standard InChI is InChI=1S/C22H22F2N2O3S/c1-3-28-20(27)18-14(2)26(13-15-7-5-4-6-8-15)22(30)25-19(18)16-9-11-17(12-10-16)29-21(23)24/h4-12,19,21H,3,13H2,1-2H3,(H,25,30). The maximum Gasteiger partial charge on any atom is 0.387 e. The third-order valence-electron chi connectivity index (χ3n) is 4.71. The number of thiocarbonyl (C=S) groups is 1. The van der Waals surface area contributed by atoms with Crippen LogP contribution in [0.2, 0.25) is 0 Å². The van der Waals surface area contributed by atoms with Crippen LogP contribution in [-0.2, 0) is 16.1 Å². The van der Waals surface area contributed by atoms with Crippen molar-refractivity contribution in [3.63, 3.8) is 0 Å². The number of benzene rings is 2. The first kappa shape index (κ1) is 21.7. The van der Waals surface area contributed by atoms with Crippen molar-refractivity contribution in [3.8, 4) is 5.75 Å². The molecule has 0 saturated carbocycles. The van der Waals surface area contributed by atoms with Crippen LogP contribution < -0.4 is 10.1 Å². The molecule has 0 bridgehead atoms. The Morgan fingerprint density at radius 1 is 1.17 bits per heavy atom. The maximum absolute atomic E-state index is 12.8. The lowest BCUT2D eigenvalue weighted by atomic mass is 9.94. The molecule has 0 aromatic heterocycles. The Morgan fingerprint density at radius 2 is 1.83 bits per heavy atom. The highest BCUT2D eigenvalue weighted by Gasteiger charge is 2.34. The number of esters is 1. The second-order valence-corrected chi connectivity index (χ2v) is 7.01. The second kappa shape index (κ2) is 9.67. The zero-order valence-electron chi connectivity index (χ0n) is 16.6. The molecular formula is C22H22F2N2O3S. The average molecular weight is 432 g/mol. The van der Waals surface area contributed by atoms with Crippen molar-refractivity contribution in [2.75, 3.05) is 6.61 Å². The van der Waals surface area contributed by atoms with Crippen molar-refractivity contribution >= 4 is 23.3 Å². The smallest absolute Gasteiger partial charge is 0.387 e. The van der Waals surface area contributed by atoms with Crippen LogP contribution in [0.4, 0.5) is 8.78 Å². The normalized spacial score (nSPS) is 16.5. The number of nitrogens with one attached hydrogen (secondary N) is 1. The molecule has 0 spiro atoms. The summed E-state index contributed by atoms with van der Waals surface area (Å²) in [6.45, 7) is 1.38. The van der Waals surface area contributed by atoms with E-state index in [0.717, 1.165) is 5.56 Å². The summed E-state index contributed by atoms with van der Waals surface area (Å²) in [4.78, 5) is 14.6. The fourth-order valence-electron chi connectivity index (χ4n) is 3.30. The lowest BCUT2D eigenvalue weighted by Crippen LogP contribution is -2.47. The van der Waals surface area contributed by atoms with Crippen molar-refractivity contribution in [2.24, 2.45) is 0 Å². The molecule has 158 valence electrons. The average Bonchev–Trinajstić information content (AvgIpc) is 2.72. The van der Waals surface area contributed by atoms with E-state index in [1.54, 1.807) is 19.1 Å². The maximum atomic E-state index is 12.8. The van der Waals surface area contributed by atoms with Crippen LogP contribution in [0.5, 0.6) is 5.75 Å². The molecular weight excluding hydrogens is 410 g/mol. The van der Waals surface area contributed by atoms with Gasteiger partial charge in [-0.05, 0) is 49.3 Å². The molecule has 2 aromatic carbocycles. The number of hydrogen-bond acceptors (Lipinski definition) is 4. The zero-order chi connectivity index (χ0) is 21.7. The molecule has 1 heterocycles. The number of carbonyl (C=O) groups excluding carboxylic acids is 1. The number of alkyl halides is 2. The fourth-order valence-corrected chi connectivity index (χ4v) is 3.62. The molecule has 8 heteroatoms. The molecule has 1 aliphatic rings.